The van der Waals surface area contributed by atoms with Gasteiger partial charge in [-0.3, -0.25) is 4.99 Å². The van der Waals surface area contributed by atoms with Crippen molar-refractivity contribution >= 4 is 14.5 Å². The molecule has 1 aliphatic rings. The Morgan fingerprint density at radius 3 is 2.10 bits per heavy atom. The average molecular weight is 317 g/mol. The number of nitrogens with zero attached hydrogens (tertiary/aromatic N) is 2. The fraction of sp³-hybridized carbons (Fsp3) is 0.933. The van der Waals surface area contributed by atoms with Crippen LogP contribution in [-0.4, -0.2) is 65.0 Å². The molecule has 124 valence electrons. The third-order valence-corrected chi connectivity index (χ3v) is 6.42. The number of rotatable bonds is 9. The van der Waals surface area contributed by atoms with Gasteiger partial charge in [-0.2, -0.15) is 0 Å². The van der Waals surface area contributed by atoms with Crippen LogP contribution in [0.5, 0.6) is 0 Å². The van der Waals surface area contributed by atoms with Crippen LogP contribution in [0.1, 0.15) is 47.0 Å². The molecule has 1 rings (SSSR count). The molecule has 0 saturated carbocycles. The fourth-order valence-electron chi connectivity index (χ4n) is 2.64. The van der Waals surface area contributed by atoms with Gasteiger partial charge in [-0.05, 0) is 53.1 Å². The minimum absolute atomic E-state index is 0.560. The maximum absolute atomic E-state index is 5.85. The Labute approximate surface area is 131 Å². The van der Waals surface area contributed by atoms with Gasteiger partial charge in [-0.15, -0.1) is 0 Å². The molecule has 21 heavy (non-hydrogen) atoms. The molecule has 0 N–H and O–H groups in total. The summed E-state index contributed by atoms with van der Waals surface area (Å²) in [6, 6.07) is 0. The highest BCUT2D eigenvalue weighted by molar-refractivity contribution is 6.61. The van der Waals surface area contributed by atoms with Crippen LogP contribution < -0.4 is 0 Å². The predicted octanol–water partition coefficient (Wildman–Crippen LogP) is 2.52. The number of hydrogen-bond donors (Lipinski definition) is 0. The molecule has 0 aliphatic carbocycles. The molecule has 0 bridgehead atoms. The van der Waals surface area contributed by atoms with E-state index >= 15 is 0 Å². The van der Waals surface area contributed by atoms with Crippen molar-refractivity contribution in [3.05, 3.63) is 0 Å². The Morgan fingerprint density at radius 2 is 1.57 bits per heavy atom. The Bertz CT molecular complexity index is 296. The molecule has 0 amide bonds. The average Bonchev–Trinajstić information content (AvgIpc) is 2.71. The summed E-state index contributed by atoms with van der Waals surface area (Å²) >= 11 is 0. The second-order valence-electron chi connectivity index (χ2n) is 5.15. The maximum atomic E-state index is 5.85. The summed E-state index contributed by atoms with van der Waals surface area (Å²) in [6.07, 6.45) is 3.90. The first-order valence-electron chi connectivity index (χ1n) is 8.36. The van der Waals surface area contributed by atoms with Crippen LogP contribution >= 0.6 is 0 Å². The third kappa shape index (κ3) is 6.57. The third-order valence-electron chi connectivity index (χ3n) is 3.69. The van der Waals surface area contributed by atoms with E-state index in [0.717, 1.165) is 25.9 Å². The van der Waals surface area contributed by atoms with Crippen molar-refractivity contribution in [3.8, 4) is 0 Å². The number of likely N-dealkylation sites (tertiary alicyclic amines) is 1. The van der Waals surface area contributed by atoms with Gasteiger partial charge in [0.1, 0.15) is 6.17 Å². The summed E-state index contributed by atoms with van der Waals surface area (Å²) < 4.78 is 17.6. The van der Waals surface area contributed by atoms with E-state index in [4.69, 9.17) is 18.3 Å². The molecule has 0 aromatic heterocycles. The van der Waals surface area contributed by atoms with E-state index in [1.165, 1.54) is 18.7 Å². The molecule has 0 spiro atoms. The summed E-state index contributed by atoms with van der Waals surface area (Å²) in [5.41, 5.74) is 1.29. The van der Waals surface area contributed by atoms with Crippen LogP contribution in [0.15, 0.2) is 4.99 Å². The van der Waals surface area contributed by atoms with E-state index in [9.17, 15) is 0 Å². The highest BCUT2D eigenvalue weighted by Crippen LogP contribution is 2.13. The van der Waals surface area contributed by atoms with Gasteiger partial charge in [-0.1, -0.05) is 6.92 Å². The van der Waals surface area contributed by atoms with Gasteiger partial charge in [0.25, 0.3) is 0 Å². The van der Waals surface area contributed by atoms with Crippen molar-refractivity contribution in [2.24, 2.45) is 4.99 Å². The molecule has 1 fully saturated rings. The normalized spacial score (nSPS) is 19.9. The Kier molecular flexibility index (Phi) is 9.34. The molecule has 1 aliphatic heterocycles. The lowest BCUT2D eigenvalue weighted by molar-refractivity contribution is 0.0729. The molecule has 0 unspecified atom stereocenters. The summed E-state index contributed by atoms with van der Waals surface area (Å²) in [4.78, 5) is 7.30. The van der Waals surface area contributed by atoms with Gasteiger partial charge in [0.2, 0.25) is 0 Å². The lowest BCUT2D eigenvalue weighted by Crippen LogP contribution is -2.49. The minimum Gasteiger partial charge on any atom is -0.373 e. The van der Waals surface area contributed by atoms with E-state index in [2.05, 4.69) is 11.8 Å². The van der Waals surface area contributed by atoms with Crippen molar-refractivity contribution in [1.82, 2.24) is 4.90 Å². The second-order valence-corrected chi connectivity index (χ2v) is 7.70. The van der Waals surface area contributed by atoms with Gasteiger partial charge in [0, 0.05) is 32.1 Å². The van der Waals surface area contributed by atoms with Gasteiger partial charge < -0.3 is 18.2 Å². The van der Waals surface area contributed by atoms with Gasteiger partial charge >= 0.3 is 8.80 Å². The second kappa shape index (κ2) is 10.5. The molecular formula is C15H32N2O3Si. The summed E-state index contributed by atoms with van der Waals surface area (Å²) in [6.45, 7) is 13.4. The first-order valence-corrected chi connectivity index (χ1v) is 10.3. The van der Waals surface area contributed by atoms with Crippen LogP contribution in [0.3, 0.4) is 0 Å². The summed E-state index contributed by atoms with van der Waals surface area (Å²) in [5.74, 6) is 0. The predicted molar refractivity (Wildman–Crippen MR) is 88.9 cm³/mol. The SMILES string of the molecule is CCO[Si](CN=C1CCCN(CC)CC1)(OCC)OCC. The lowest BCUT2D eigenvalue weighted by atomic mass is 10.2. The lowest BCUT2D eigenvalue weighted by Gasteiger charge is -2.27. The Balaban J connectivity index is 2.66. The van der Waals surface area contributed by atoms with E-state index in [0.29, 0.717) is 26.0 Å². The molecule has 1 saturated heterocycles. The highest BCUT2D eigenvalue weighted by Gasteiger charge is 2.40. The van der Waals surface area contributed by atoms with Crippen LogP contribution in [0.2, 0.25) is 0 Å². The van der Waals surface area contributed by atoms with Gasteiger partial charge in [-0.25, -0.2) is 0 Å². The fourth-order valence-corrected chi connectivity index (χ4v) is 4.90. The molecule has 0 aromatic carbocycles. The maximum Gasteiger partial charge on any atom is 0.523 e. The van der Waals surface area contributed by atoms with Crippen molar-refractivity contribution in [1.29, 1.82) is 0 Å². The number of aliphatic imine (C=N–C) groups is 1. The zero-order valence-corrected chi connectivity index (χ0v) is 15.2. The largest absolute Gasteiger partial charge is 0.523 e. The van der Waals surface area contributed by atoms with E-state index in [1.807, 2.05) is 20.8 Å². The van der Waals surface area contributed by atoms with Crippen LogP contribution in [-0.2, 0) is 13.3 Å². The van der Waals surface area contributed by atoms with Crippen molar-refractivity contribution in [3.63, 3.8) is 0 Å². The quantitative estimate of drug-likeness (QED) is 0.613. The molecule has 6 heteroatoms. The molecule has 0 aromatic rings. The zero-order chi connectivity index (χ0) is 15.6. The van der Waals surface area contributed by atoms with Crippen LogP contribution in [0.25, 0.3) is 0 Å². The summed E-state index contributed by atoms with van der Waals surface area (Å²) in [5, 5.41) is 0. The van der Waals surface area contributed by atoms with E-state index in [-0.39, 0.29) is 0 Å². The molecule has 5 nitrogen and oxygen atoms in total. The summed E-state index contributed by atoms with van der Waals surface area (Å²) in [7, 11) is -2.62. The molecule has 1 heterocycles. The van der Waals surface area contributed by atoms with Crippen molar-refractivity contribution in [2.75, 3.05) is 45.6 Å². The van der Waals surface area contributed by atoms with Crippen LogP contribution in [0, 0.1) is 0 Å². The van der Waals surface area contributed by atoms with Gasteiger partial charge in [0.05, 0.1) is 0 Å². The van der Waals surface area contributed by atoms with Crippen molar-refractivity contribution < 1.29 is 13.3 Å². The Morgan fingerprint density at radius 1 is 0.952 bits per heavy atom. The topological polar surface area (TPSA) is 43.3 Å². The Hall–Kier alpha value is -0.273. The van der Waals surface area contributed by atoms with E-state index in [1.54, 1.807) is 0 Å². The van der Waals surface area contributed by atoms with E-state index < -0.39 is 8.80 Å². The standard InChI is InChI=1S/C15H32N2O3Si/c1-5-17-12-9-10-15(11-13-17)16-14-21(18-6-2,19-7-3)20-8-4/h5-14H2,1-4H3. The monoisotopic (exact) mass is 316 g/mol. The first-order chi connectivity index (χ1) is 10.2. The molecular weight excluding hydrogens is 284 g/mol. The van der Waals surface area contributed by atoms with Gasteiger partial charge in [0.15, 0.2) is 0 Å². The number of hydrogen-bond acceptors (Lipinski definition) is 5. The van der Waals surface area contributed by atoms with Crippen molar-refractivity contribution in [2.45, 2.75) is 47.0 Å². The first kappa shape index (κ1) is 18.8. The smallest absolute Gasteiger partial charge is 0.373 e. The van der Waals surface area contributed by atoms with Crippen LogP contribution in [0.4, 0.5) is 0 Å². The molecule has 0 radical (unpaired) electrons. The highest BCUT2D eigenvalue weighted by atomic mass is 28.4. The molecule has 0 atom stereocenters. The zero-order valence-electron chi connectivity index (χ0n) is 14.2. The minimum atomic E-state index is -2.62.